The van der Waals surface area contributed by atoms with Gasteiger partial charge in [-0.2, -0.15) is 5.10 Å². The SMILES string of the molecule is CN(C)Cc1c(C(=O)Nc2cnn(CC(=O)NC3CCCC3)c2)oc2ccccc12. The van der Waals surface area contributed by atoms with Crippen LogP contribution in [0.25, 0.3) is 11.0 Å². The van der Waals surface area contributed by atoms with Crippen molar-refractivity contribution in [2.24, 2.45) is 0 Å². The van der Waals surface area contributed by atoms with Gasteiger partial charge in [-0.05, 0) is 33.0 Å². The zero-order valence-corrected chi connectivity index (χ0v) is 17.4. The molecule has 0 radical (unpaired) electrons. The summed E-state index contributed by atoms with van der Waals surface area (Å²) in [5.41, 5.74) is 2.04. The highest BCUT2D eigenvalue weighted by atomic mass is 16.3. The Morgan fingerprint density at radius 2 is 2.00 bits per heavy atom. The minimum Gasteiger partial charge on any atom is -0.451 e. The van der Waals surface area contributed by atoms with Crippen LogP contribution in [0.5, 0.6) is 0 Å². The molecule has 30 heavy (non-hydrogen) atoms. The van der Waals surface area contributed by atoms with Gasteiger partial charge >= 0.3 is 0 Å². The largest absolute Gasteiger partial charge is 0.451 e. The Bertz CT molecular complexity index is 1050. The van der Waals surface area contributed by atoms with Crippen molar-refractivity contribution in [3.8, 4) is 0 Å². The maximum atomic E-state index is 12.9. The molecule has 158 valence electrons. The molecule has 0 atom stereocenters. The van der Waals surface area contributed by atoms with E-state index in [9.17, 15) is 9.59 Å². The summed E-state index contributed by atoms with van der Waals surface area (Å²) in [6.07, 6.45) is 7.61. The molecule has 2 heterocycles. The molecule has 1 fully saturated rings. The Hall–Kier alpha value is -3.13. The summed E-state index contributed by atoms with van der Waals surface area (Å²) in [5, 5.41) is 11.0. The van der Waals surface area contributed by atoms with E-state index in [2.05, 4.69) is 15.7 Å². The minimum absolute atomic E-state index is 0.0616. The van der Waals surface area contributed by atoms with Crippen LogP contribution in [0.15, 0.2) is 41.1 Å². The predicted molar refractivity (Wildman–Crippen MR) is 114 cm³/mol. The minimum atomic E-state index is -0.335. The Kier molecular flexibility index (Phi) is 5.85. The number of para-hydroxylation sites is 1. The number of furan rings is 1. The van der Waals surface area contributed by atoms with Crippen molar-refractivity contribution in [1.82, 2.24) is 20.0 Å². The van der Waals surface area contributed by atoms with Crippen LogP contribution in [-0.4, -0.2) is 46.6 Å². The topological polar surface area (TPSA) is 92.4 Å². The molecule has 1 aliphatic carbocycles. The molecule has 1 aliphatic rings. The number of benzene rings is 1. The molecule has 3 aromatic rings. The van der Waals surface area contributed by atoms with Crippen molar-refractivity contribution in [1.29, 1.82) is 0 Å². The van der Waals surface area contributed by atoms with Crippen molar-refractivity contribution < 1.29 is 14.0 Å². The standard InChI is InChI=1S/C22H27N5O3/c1-26(2)13-18-17-9-5-6-10-19(17)30-21(18)22(29)25-16-11-23-27(12-16)14-20(28)24-15-7-3-4-8-15/h5-6,9-12,15H,3-4,7-8,13-14H2,1-2H3,(H,24,28)(H,25,29). The van der Waals surface area contributed by atoms with Gasteiger partial charge < -0.3 is 20.0 Å². The zero-order chi connectivity index (χ0) is 21.1. The summed E-state index contributed by atoms with van der Waals surface area (Å²) in [5.74, 6) is -0.108. The molecule has 1 saturated carbocycles. The Labute approximate surface area is 175 Å². The highest BCUT2D eigenvalue weighted by Gasteiger charge is 2.22. The van der Waals surface area contributed by atoms with Gasteiger partial charge in [0.15, 0.2) is 5.76 Å². The van der Waals surface area contributed by atoms with Gasteiger partial charge in [-0.15, -0.1) is 0 Å². The summed E-state index contributed by atoms with van der Waals surface area (Å²) in [4.78, 5) is 27.1. The van der Waals surface area contributed by atoms with Crippen molar-refractivity contribution in [3.63, 3.8) is 0 Å². The summed E-state index contributed by atoms with van der Waals surface area (Å²) in [6.45, 7) is 0.712. The monoisotopic (exact) mass is 409 g/mol. The molecule has 2 aromatic heterocycles. The molecule has 1 aromatic carbocycles. The van der Waals surface area contributed by atoms with Crippen LogP contribution in [0.4, 0.5) is 5.69 Å². The second-order valence-electron chi connectivity index (χ2n) is 8.07. The number of nitrogens with one attached hydrogen (secondary N) is 2. The van der Waals surface area contributed by atoms with Crippen LogP contribution < -0.4 is 10.6 Å². The Balaban J connectivity index is 1.45. The van der Waals surface area contributed by atoms with E-state index in [1.165, 1.54) is 23.7 Å². The van der Waals surface area contributed by atoms with E-state index in [1.807, 2.05) is 43.3 Å². The van der Waals surface area contributed by atoms with Crippen LogP contribution in [0, 0.1) is 0 Å². The van der Waals surface area contributed by atoms with E-state index in [0.717, 1.165) is 23.8 Å². The Morgan fingerprint density at radius 3 is 2.77 bits per heavy atom. The average molecular weight is 409 g/mol. The fourth-order valence-corrected chi connectivity index (χ4v) is 3.95. The molecular formula is C22H27N5O3. The van der Waals surface area contributed by atoms with E-state index in [0.29, 0.717) is 17.8 Å². The molecule has 2 amide bonds. The van der Waals surface area contributed by atoms with E-state index < -0.39 is 0 Å². The number of aromatic nitrogens is 2. The molecule has 0 spiro atoms. The van der Waals surface area contributed by atoms with Crippen LogP contribution in [0.3, 0.4) is 0 Å². The third kappa shape index (κ3) is 4.54. The highest BCUT2D eigenvalue weighted by Crippen LogP contribution is 2.27. The first-order valence-corrected chi connectivity index (χ1v) is 10.3. The highest BCUT2D eigenvalue weighted by molar-refractivity contribution is 6.06. The lowest BCUT2D eigenvalue weighted by molar-refractivity contribution is -0.122. The van der Waals surface area contributed by atoms with Gasteiger partial charge in [-0.25, -0.2) is 0 Å². The van der Waals surface area contributed by atoms with Crippen molar-refractivity contribution in [3.05, 3.63) is 48.0 Å². The van der Waals surface area contributed by atoms with Crippen LogP contribution in [0.1, 0.15) is 41.8 Å². The van der Waals surface area contributed by atoms with Gasteiger partial charge in [-0.1, -0.05) is 31.0 Å². The second-order valence-corrected chi connectivity index (χ2v) is 8.07. The van der Waals surface area contributed by atoms with Gasteiger partial charge in [-0.3, -0.25) is 14.3 Å². The van der Waals surface area contributed by atoms with Gasteiger partial charge in [0.1, 0.15) is 12.1 Å². The Morgan fingerprint density at radius 1 is 1.23 bits per heavy atom. The molecule has 4 rings (SSSR count). The first-order chi connectivity index (χ1) is 14.5. The smallest absolute Gasteiger partial charge is 0.291 e. The molecule has 8 heteroatoms. The lowest BCUT2D eigenvalue weighted by atomic mass is 10.1. The molecule has 2 N–H and O–H groups in total. The number of carbonyl (C=O) groups is 2. The van der Waals surface area contributed by atoms with E-state index in [1.54, 1.807) is 6.20 Å². The lowest BCUT2D eigenvalue weighted by Gasteiger charge is -2.11. The summed E-state index contributed by atoms with van der Waals surface area (Å²) in [6, 6.07) is 7.89. The number of amides is 2. The number of anilines is 1. The van der Waals surface area contributed by atoms with E-state index in [4.69, 9.17) is 4.42 Å². The van der Waals surface area contributed by atoms with Gasteiger partial charge in [0.05, 0.1) is 11.9 Å². The van der Waals surface area contributed by atoms with Gasteiger partial charge in [0.2, 0.25) is 5.91 Å². The van der Waals surface area contributed by atoms with Crippen LogP contribution in [0.2, 0.25) is 0 Å². The maximum absolute atomic E-state index is 12.9. The molecule has 0 saturated heterocycles. The van der Waals surface area contributed by atoms with Crippen molar-refractivity contribution in [2.75, 3.05) is 19.4 Å². The van der Waals surface area contributed by atoms with Gasteiger partial charge in [0, 0.05) is 29.7 Å². The number of hydrogen-bond donors (Lipinski definition) is 2. The summed E-state index contributed by atoms with van der Waals surface area (Å²) < 4.78 is 7.38. The van der Waals surface area contributed by atoms with Crippen LogP contribution in [-0.2, 0) is 17.9 Å². The molecule has 0 bridgehead atoms. The fraction of sp³-hybridized carbons (Fsp3) is 0.409. The number of hydrogen-bond acceptors (Lipinski definition) is 5. The van der Waals surface area contributed by atoms with Crippen molar-refractivity contribution >= 4 is 28.5 Å². The van der Waals surface area contributed by atoms with Crippen LogP contribution >= 0.6 is 0 Å². The normalized spacial score (nSPS) is 14.5. The molecule has 0 aliphatic heterocycles. The summed E-state index contributed by atoms with van der Waals surface area (Å²) in [7, 11) is 3.90. The summed E-state index contributed by atoms with van der Waals surface area (Å²) >= 11 is 0. The van der Waals surface area contributed by atoms with Gasteiger partial charge in [0.25, 0.3) is 5.91 Å². The first-order valence-electron chi connectivity index (χ1n) is 10.3. The average Bonchev–Trinajstić information content (AvgIpc) is 3.43. The third-order valence-electron chi connectivity index (χ3n) is 5.30. The predicted octanol–water partition coefficient (Wildman–Crippen LogP) is 3.00. The third-order valence-corrected chi connectivity index (χ3v) is 5.30. The van der Waals surface area contributed by atoms with E-state index >= 15 is 0 Å². The zero-order valence-electron chi connectivity index (χ0n) is 17.4. The fourth-order valence-electron chi connectivity index (χ4n) is 3.95. The molecule has 0 unspecified atom stereocenters. The number of carbonyl (C=O) groups excluding carboxylic acids is 2. The molecule has 8 nitrogen and oxygen atoms in total. The second kappa shape index (κ2) is 8.71. The molecular weight excluding hydrogens is 382 g/mol. The number of rotatable bonds is 7. The van der Waals surface area contributed by atoms with Crippen molar-refractivity contribution in [2.45, 2.75) is 44.8 Å². The quantitative estimate of drug-likeness (QED) is 0.626. The first kappa shape index (κ1) is 20.2. The lowest BCUT2D eigenvalue weighted by Crippen LogP contribution is -2.35. The maximum Gasteiger partial charge on any atom is 0.291 e. The number of nitrogens with zero attached hydrogens (tertiary/aromatic N) is 3. The van der Waals surface area contributed by atoms with E-state index in [-0.39, 0.29) is 30.2 Å². The number of fused-ring (bicyclic) bond motifs is 1.